The van der Waals surface area contributed by atoms with E-state index in [-0.39, 0.29) is 4.93 Å². The van der Waals surface area contributed by atoms with E-state index < -0.39 is 0 Å². The van der Waals surface area contributed by atoms with E-state index in [2.05, 4.69) is 17.5 Å². The number of ether oxygens (including phenoxy) is 3. The van der Waals surface area contributed by atoms with E-state index in [4.69, 9.17) is 14.2 Å². The van der Waals surface area contributed by atoms with E-state index in [0.29, 0.717) is 18.8 Å². The Balaban J connectivity index is 2.42. The molecule has 0 aromatic carbocycles. The molecule has 4 nitrogen and oxygen atoms in total. The van der Waals surface area contributed by atoms with Crippen LogP contribution >= 0.6 is 12.6 Å². The van der Waals surface area contributed by atoms with Gasteiger partial charge in [-0.15, -0.1) is 12.6 Å². The first-order chi connectivity index (χ1) is 7.96. The quantitative estimate of drug-likeness (QED) is 0.556. The lowest BCUT2D eigenvalue weighted by Gasteiger charge is -2.27. The number of likely N-dealkylation sites (tertiary alicyclic amines) is 1. The molecule has 1 aliphatic rings. The van der Waals surface area contributed by atoms with E-state index >= 15 is 0 Å². The van der Waals surface area contributed by atoms with Gasteiger partial charge in [-0.05, 0) is 20.3 Å². The molecule has 17 heavy (non-hydrogen) atoms. The summed E-state index contributed by atoms with van der Waals surface area (Å²) in [7, 11) is 3.50. The normalized spacial score (nSPS) is 26.6. The van der Waals surface area contributed by atoms with Crippen molar-refractivity contribution in [1.82, 2.24) is 4.90 Å². The van der Waals surface area contributed by atoms with Crippen LogP contribution < -0.4 is 0 Å². The molecule has 0 saturated carbocycles. The average molecular weight is 263 g/mol. The van der Waals surface area contributed by atoms with Gasteiger partial charge in [-0.3, -0.25) is 4.90 Å². The van der Waals surface area contributed by atoms with Crippen LogP contribution in [0.25, 0.3) is 0 Å². The smallest absolute Gasteiger partial charge is 0.105 e. The molecule has 0 aromatic heterocycles. The fraction of sp³-hybridized carbons (Fsp3) is 1.00. The number of rotatable bonds is 7. The molecule has 0 aromatic rings. The monoisotopic (exact) mass is 263 g/mol. The van der Waals surface area contributed by atoms with Gasteiger partial charge in [-0.1, -0.05) is 0 Å². The second-order valence-electron chi connectivity index (χ2n) is 4.99. The van der Waals surface area contributed by atoms with Crippen LogP contribution in [-0.4, -0.2) is 62.5 Å². The molecule has 2 atom stereocenters. The van der Waals surface area contributed by atoms with Crippen molar-refractivity contribution in [3.05, 3.63) is 0 Å². The van der Waals surface area contributed by atoms with Crippen LogP contribution in [0.15, 0.2) is 0 Å². The van der Waals surface area contributed by atoms with Gasteiger partial charge < -0.3 is 14.2 Å². The molecular weight excluding hydrogens is 238 g/mol. The molecule has 1 aliphatic heterocycles. The van der Waals surface area contributed by atoms with Gasteiger partial charge in [-0.2, -0.15) is 0 Å². The molecule has 0 spiro atoms. The largest absolute Gasteiger partial charge is 0.383 e. The first-order valence-corrected chi connectivity index (χ1v) is 6.53. The highest BCUT2D eigenvalue weighted by Crippen LogP contribution is 2.22. The summed E-state index contributed by atoms with van der Waals surface area (Å²) in [5.41, 5.74) is 0. The Hall–Kier alpha value is 0.190. The van der Waals surface area contributed by atoms with E-state index in [1.54, 1.807) is 14.2 Å². The zero-order chi connectivity index (χ0) is 12.9. The third-order valence-electron chi connectivity index (χ3n) is 3.03. The van der Waals surface area contributed by atoms with Crippen molar-refractivity contribution in [2.45, 2.75) is 37.3 Å². The lowest BCUT2D eigenvalue weighted by atomic mass is 10.2. The van der Waals surface area contributed by atoms with Crippen molar-refractivity contribution in [3.8, 4) is 0 Å². The molecule has 0 aliphatic carbocycles. The van der Waals surface area contributed by atoms with Crippen LogP contribution in [0.4, 0.5) is 0 Å². The summed E-state index contributed by atoms with van der Waals surface area (Å²) < 4.78 is 16.3. The molecule has 0 unspecified atom stereocenters. The Morgan fingerprint density at radius 2 is 2.06 bits per heavy atom. The first-order valence-electron chi connectivity index (χ1n) is 6.08. The van der Waals surface area contributed by atoms with Crippen LogP contribution in [0.1, 0.15) is 20.3 Å². The van der Waals surface area contributed by atoms with Crippen LogP contribution in [0, 0.1) is 0 Å². The molecule has 5 heteroatoms. The first kappa shape index (κ1) is 15.2. The number of methoxy groups -OCH3 is 2. The maximum Gasteiger partial charge on any atom is 0.105 e. The summed E-state index contributed by atoms with van der Waals surface area (Å²) >= 11 is 4.38. The number of hydrogen-bond acceptors (Lipinski definition) is 5. The fourth-order valence-corrected chi connectivity index (χ4v) is 2.14. The molecule has 0 bridgehead atoms. The van der Waals surface area contributed by atoms with Crippen molar-refractivity contribution >= 4 is 12.6 Å². The SMILES string of the molecule is COCCN1C[C@H](OC)C[C@H]1COC(C)(C)S. The van der Waals surface area contributed by atoms with E-state index in [9.17, 15) is 0 Å². The fourth-order valence-electron chi connectivity index (χ4n) is 2.06. The van der Waals surface area contributed by atoms with Gasteiger partial charge >= 0.3 is 0 Å². The molecular formula is C12H25NO3S. The van der Waals surface area contributed by atoms with E-state index in [0.717, 1.165) is 26.1 Å². The van der Waals surface area contributed by atoms with Crippen molar-refractivity contribution in [1.29, 1.82) is 0 Å². The van der Waals surface area contributed by atoms with Gasteiger partial charge in [0, 0.05) is 33.4 Å². The minimum atomic E-state index is -0.377. The molecule has 1 heterocycles. The summed E-state index contributed by atoms with van der Waals surface area (Å²) in [5, 5.41) is 0. The third-order valence-corrected chi connectivity index (χ3v) is 3.16. The topological polar surface area (TPSA) is 30.9 Å². The Morgan fingerprint density at radius 1 is 1.35 bits per heavy atom. The minimum absolute atomic E-state index is 0.309. The highest BCUT2D eigenvalue weighted by atomic mass is 32.1. The number of nitrogens with zero attached hydrogens (tertiary/aromatic N) is 1. The predicted molar refractivity (Wildman–Crippen MR) is 71.7 cm³/mol. The van der Waals surface area contributed by atoms with Crippen molar-refractivity contribution in [2.24, 2.45) is 0 Å². The molecule has 1 saturated heterocycles. The molecule has 0 radical (unpaired) electrons. The summed E-state index contributed by atoms with van der Waals surface area (Å²) in [6.07, 6.45) is 1.33. The van der Waals surface area contributed by atoms with E-state index in [1.807, 2.05) is 13.8 Å². The van der Waals surface area contributed by atoms with Gasteiger partial charge in [-0.25, -0.2) is 0 Å². The van der Waals surface area contributed by atoms with Gasteiger partial charge in [0.15, 0.2) is 0 Å². The molecule has 0 amide bonds. The van der Waals surface area contributed by atoms with Crippen molar-refractivity contribution in [3.63, 3.8) is 0 Å². The maximum atomic E-state index is 5.74. The summed E-state index contributed by atoms with van der Waals surface area (Å²) in [6.45, 7) is 7.24. The van der Waals surface area contributed by atoms with Gasteiger partial charge in [0.25, 0.3) is 0 Å². The molecule has 1 fully saturated rings. The van der Waals surface area contributed by atoms with Crippen LogP contribution in [-0.2, 0) is 14.2 Å². The number of thiol groups is 1. The third kappa shape index (κ3) is 5.57. The van der Waals surface area contributed by atoms with Crippen molar-refractivity contribution < 1.29 is 14.2 Å². The van der Waals surface area contributed by atoms with Gasteiger partial charge in [0.2, 0.25) is 0 Å². The summed E-state index contributed by atoms with van der Waals surface area (Å²) in [5.74, 6) is 0. The lowest BCUT2D eigenvalue weighted by Crippen LogP contribution is -2.37. The van der Waals surface area contributed by atoms with Crippen LogP contribution in [0.3, 0.4) is 0 Å². The maximum absolute atomic E-state index is 5.74. The Labute approximate surface area is 110 Å². The predicted octanol–water partition coefficient (Wildman–Crippen LogP) is 1.40. The van der Waals surface area contributed by atoms with Crippen molar-refractivity contribution in [2.75, 3.05) is 40.5 Å². The average Bonchev–Trinajstić information content (AvgIpc) is 2.65. The summed E-state index contributed by atoms with van der Waals surface area (Å²) in [6, 6.07) is 0.404. The molecule has 0 N–H and O–H groups in total. The lowest BCUT2D eigenvalue weighted by molar-refractivity contribution is 0.0136. The van der Waals surface area contributed by atoms with Gasteiger partial charge in [0.1, 0.15) is 4.93 Å². The zero-order valence-electron chi connectivity index (χ0n) is 11.3. The Morgan fingerprint density at radius 3 is 2.59 bits per heavy atom. The highest BCUT2D eigenvalue weighted by Gasteiger charge is 2.32. The zero-order valence-corrected chi connectivity index (χ0v) is 12.2. The standard InChI is InChI=1S/C12H25NO3S/c1-12(2,17)16-9-10-7-11(15-4)8-13(10)5-6-14-3/h10-11,17H,5-9H2,1-4H3/t10-,11+/m0/s1. The van der Waals surface area contributed by atoms with Crippen LogP contribution in [0.2, 0.25) is 0 Å². The molecule has 1 rings (SSSR count). The molecule has 102 valence electrons. The number of hydrogen-bond donors (Lipinski definition) is 1. The second-order valence-corrected chi connectivity index (χ2v) is 6.07. The van der Waals surface area contributed by atoms with Crippen LogP contribution in [0.5, 0.6) is 0 Å². The highest BCUT2D eigenvalue weighted by molar-refractivity contribution is 7.81. The van der Waals surface area contributed by atoms with E-state index in [1.165, 1.54) is 0 Å². The summed E-state index contributed by atoms with van der Waals surface area (Å²) in [4.78, 5) is 2.00. The Bertz CT molecular complexity index is 220. The van der Waals surface area contributed by atoms with Gasteiger partial charge in [0.05, 0.1) is 19.3 Å². The Kier molecular flexibility index (Phi) is 6.23. The minimum Gasteiger partial charge on any atom is -0.383 e. The second kappa shape index (κ2) is 6.95.